The van der Waals surface area contributed by atoms with Crippen molar-refractivity contribution < 1.29 is 41.0 Å². The van der Waals surface area contributed by atoms with E-state index in [1.165, 1.54) is 18.9 Å². The summed E-state index contributed by atoms with van der Waals surface area (Å²) in [5.41, 5.74) is -1.17. The number of hydrogen-bond acceptors (Lipinski definition) is 3. The first kappa shape index (κ1) is 28.2. The van der Waals surface area contributed by atoms with Gasteiger partial charge in [-0.1, -0.05) is 24.3 Å². The highest BCUT2D eigenvalue weighted by Crippen LogP contribution is 2.50. The van der Waals surface area contributed by atoms with Crippen LogP contribution >= 0.6 is 0 Å². The number of urea groups is 1. The van der Waals surface area contributed by atoms with Crippen LogP contribution in [0, 0.1) is 18.8 Å². The Labute approximate surface area is 216 Å². The molecule has 38 heavy (non-hydrogen) atoms. The van der Waals surface area contributed by atoms with E-state index in [0.29, 0.717) is 25.0 Å². The normalized spacial score (nSPS) is 26.7. The van der Waals surface area contributed by atoms with Crippen LogP contribution in [0.5, 0.6) is 0 Å². The summed E-state index contributed by atoms with van der Waals surface area (Å²) in [6, 6.07) is 8.58. The summed E-state index contributed by atoms with van der Waals surface area (Å²) in [7, 11) is 1.47. The Hall–Kier alpha value is -2.79. The van der Waals surface area contributed by atoms with Crippen molar-refractivity contribution in [2.45, 2.75) is 63.4 Å². The fraction of sp³-hybridized carbons (Fsp3) is 0.519. The molecule has 0 radical (unpaired) electrons. The van der Waals surface area contributed by atoms with Crippen molar-refractivity contribution in [3.63, 3.8) is 0 Å². The third kappa shape index (κ3) is 5.49. The first-order valence-corrected chi connectivity index (χ1v) is 12.4. The Morgan fingerprint density at radius 2 is 1.63 bits per heavy atom. The second-order valence-corrected chi connectivity index (χ2v) is 10.1. The standard InChI is InChI=1S/C27H30F6N2O3/c1-14-6-4-5-7-19(14)23-21-13-35(25(37)34-3)24(36)20(21)8-9-22(23)38-15(2)16-10-17(26(28,29)30)12-18(11-16)27(31,32)33/h4-7,10-12,15,20-24,36H,8-9,13H2,1-3H3,(H,34,37)/t15-,20+,21-,22+,23+,24?/m1/s1. The lowest BCUT2D eigenvalue weighted by molar-refractivity contribution is -0.143. The number of aliphatic hydroxyl groups is 1. The Bertz CT molecular complexity index is 1140. The highest BCUT2D eigenvalue weighted by molar-refractivity contribution is 5.74. The van der Waals surface area contributed by atoms with Gasteiger partial charge in [0.05, 0.1) is 23.3 Å². The van der Waals surface area contributed by atoms with Gasteiger partial charge in [0.25, 0.3) is 0 Å². The van der Waals surface area contributed by atoms with Gasteiger partial charge >= 0.3 is 18.4 Å². The Morgan fingerprint density at radius 3 is 2.18 bits per heavy atom. The van der Waals surface area contributed by atoms with E-state index in [9.17, 15) is 36.2 Å². The van der Waals surface area contributed by atoms with Crippen LogP contribution in [-0.2, 0) is 17.1 Å². The summed E-state index contributed by atoms with van der Waals surface area (Å²) in [6.07, 6.45) is -11.7. The smallest absolute Gasteiger partial charge is 0.373 e. The number of carbonyl (C=O) groups is 1. The minimum atomic E-state index is -4.96. The van der Waals surface area contributed by atoms with Crippen molar-refractivity contribution in [3.05, 3.63) is 70.3 Å². The molecule has 11 heteroatoms. The van der Waals surface area contributed by atoms with Crippen LogP contribution in [0.4, 0.5) is 31.1 Å². The Kier molecular flexibility index (Phi) is 7.73. The van der Waals surface area contributed by atoms with Crippen molar-refractivity contribution in [1.29, 1.82) is 0 Å². The van der Waals surface area contributed by atoms with Crippen LogP contribution in [0.2, 0.25) is 0 Å². The average Bonchev–Trinajstić information content (AvgIpc) is 3.19. The zero-order chi connectivity index (χ0) is 28.0. The van der Waals surface area contributed by atoms with E-state index < -0.39 is 47.9 Å². The lowest BCUT2D eigenvalue weighted by Crippen LogP contribution is -2.42. The predicted molar refractivity (Wildman–Crippen MR) is 127 cm³/mol. The molecule has 2 aliphatic rings. The first-order valence-electron chi connectivity index (χ1n) is 12.4. The number of carbonyl (C=O) groups excluding carboxylic acids is 1. The number of hydrogen-bond donors (Lipinski definition) is 2. The monoisotopic (exact) mass is 544 g/mol. The number of halogens is 6. The molecule has 1 saturated heterocycles. The number of amides is 2. The van der Waals surface area contributed by atoms with Gasteiger partial charge in [-0.05, 0) is 67.5 Å². The summed E-state index contributed by atoms with van der Waals surface area (Å²) in [5.74, 6) is -0.811. The van der Waals surface area contributed by atoms with Crippen molar-refractivity contribution in [2.75, 3.05) is 13.6 Å². The van der Waals surface area contributed by atoms with E-state index in [-0.39, 0.29) is 35.9 Å². The molecular weight excluding hydrogens is 514 g/mol. The van der Waals surface area contributed by atoms with Gasteiger partial charge in [0.2, 0.25) is 0 Å². The molecule has 208 valence electrons. The second kappa shape index (κ2) is 10.4. The largest absolute Gasteiger partial charge is 0.416 e. The number of fused-ring (bicyclic) bond motifs is 1. The SMILES string of the molecule is CNC(=O)N1C[C@H]2[C@H](c3ccccc3C)[C@@H](O[C@H](C)c3cc(C(F)(F)F)cc(C(F)(F)F)c3)CC[C@@H]2C1O. The number of rotatable bonds is 4. The number of aryl methyl sites for hydroxylation is 1. The zero-order valence-corrected chi connectivity index (χ0v) is 21.1. The van der Waals surface area contributed by atoms with Gasteiger partial charge in [0, 0.05) is 25.4 Å². The van der Waals surface area contributed by atoms with E-state index in [2.05, 4.69) is 5.32 Å². The summed E-state index contributed by atoms with van der Waals surface area (Å²) < 4.78 is 86.9. The van der Waals surface area contributed by atoms with E-state index in [4.69, 9.17) is 4.74 Å². The van der Waals surface area contributed by atoms with Crippen LogP contribution in [0.3, 0.4) is 0 Å². The van der Waals surface area contributed by atoms with Gasteiger partial charge in [0.1, 0.15) is 6.23 Å². The minimum Gasteiger partial charge on any atom is -0.373 e. The predicted octanol–water partition coefficient (Wildman–Crippen LogP) is 6.26. The van der Waals surface area contributed by atoms with Gasteiger partial charge in [-0.2, -0.15) is 26.3 Å². The maximum Gasteiger partial charge on any atom is 0.416 e. The number of nitrogens with one attached hydrogen (secondary N) is 1. The fourth-order valence-corrected chi connectivity index (χ4v) is 5.92. The summed E-state index contributed by atoms with van der Waals surface area (Å²) in [4.78, 5) is 13.7. The number of likely N-dealkylation sites (tertiary alicyclic amines) is 1. The van der Waals surface area contributed by atoms with Crippen LogP contribution in [0.1, 0.15) is 59.6 Å². The maximum atomic E-state index is 13.4. The molecule has 2 aromatic carbocycles. The molecule has 4 rings (SSSR count). The van der Waals surface area contributed by atoms with Crippen LogP contribution in [0.15, 0.2) is 42.5 Å². The summed E-state index contributed by atoms with van der Waals surface area (Å²) in [5, 5.41) is 13.4. The lowest BCUT2D eigenvalue weighted by atomic mass is 9.68. The highest BCUT2D eigenvalue weighted by atomic mass is 19.4. The van der Waals surface area contributed by atoms with E-state index in [0.717, 1.165) is 11.1 Å². The van der Waals surface area contributed by atoms with E-state index in [1.807, 2.05) is 31.2 Å². The number of aliphatic hydroxyl groups excluding tert-OH is 1. The lowest BCUT2D eigenvalue weighted by Gasteiger charge is -2.41. The molecule has 1 aliphatic carbocycles. The van der Waals surface area contributed by atoms with Crippen molar-refractivity contribution >= 4 is 6.03 Å². The van der Waals surface area contributed by atoms with Crippen molar-refractivity contribution in [1.82, 2.24) is 10.2 Å². The molecule has 2 amide bonds. The molecule has 1 unspecified atom stereocenters. The summed E-state index contributed by atoms with van der Waals surface area (Å²) in [6.45, 7) is 3.58. The number of ether oxygens (including phenoxy) is 1. The van der Waals surface area contributed by atoms with E-state index in [1.54, 1.807) is 0 Å². The molecule has 0 bridgehead atoms. The quantitative estimate of drug-likeness (QED) is 0.447. The zero-order valence-electron chi connectivity index (χ0n) is 21.1. The second-order valence-electron chi connectivity index (χ2n) is 10.1. The third-order valence-electron chi connectivity index (χ3n) is 7.79. The number of alkyl halides is 6. The Balaban J connectivity index is 1.70. The average molecular weight is 545 g/mol. The van der Waals surface area contributed by atoms with Crippen LogP contribution in [-0.4, -0.2) is 42.0 Å². The third-order valence-corrected chi connectivity index (χ3v) is 7.79. The van der Waals surface area contributed by atoms with Crippen LogP contribution in [0.25, 0.3) is 0 Å². The van der Waals surface area contributed by atoms with Crippen molar-refractivity contribution in [2.24, 2.45) is 11.8 Å². The van der Waals surface area contributed by atoms with Gasteiger partial charge in [0.15, 0.2) is 0 Å². The molecular formula is C27H30F6N2O3. The van der Waals surface area contributed by atoms with Gasteiger partial charge < -0.3 is 15.2 Å². The topological polar surface area (TPSA) is 61.8 Å². The first-order chi connectivity index (χ1) is 17.7. The molecule has 1 heterocycles. The highest BCUT2D eigenvalue weighted by Gasteiger charge is 2.52. The molecule has 5 nitrogen and oxygen atoms in total. The molecule has 2 N–H and O–H groups in total. The number of benzene rings is 2. The van der Waals surface area contributed by atoms with E-state index >= 15 is 0 Å². The maximum absolute atomic E-state index is 13.4. The minimum absolute atomic E-state index is 0.102. The fourth-order valence-electron chi connectivity index (χ4n) is 5.92. The molecule has 2 aromatic rings. The Morgan fingerprint density at radius 1 is 1.03 bits per heavy atom. The number of nitrogens with zero attached hydrogens (tertiary/aromatic N) is 1. The summed E-state index contributed by atoms with van der Waals surface area (Å²) >= 11 is 0. The van der Waals surface area contributed by atoms with Crippen molar-refractivity contribution in [3.8, 4) is 0 Å². The molecule has 1 aliphatic heterocycles. The van der Waals surface area contributed by atoms with Gasteiger partial charge in [-0.15, -0.1) is 0 Å². The van der Waals surface area contributed by atoms with Gasteiger partial charge in [-0.3, -0.25) is 4.90 Å². The molecule has 0 aromatic heterocycles. The van der Waals surface area contributed by atoms with Gasteiger partial charge in [-0.25, -0.2) is 4.79 Å². The molecule has 1 saturated carbocycles. The molecule has 6 atom stereocenters. The van der Waals surface area contributed by atoms with Crippen LogP contribution < -0.4 is 5.32 Å². The molecule has 2 fully saturated rings. The molecule has 0 spiro atoms.